The SMILES string of the molecule is CNC1CCN(C2Cc3ccccc3C2)CC1. The van der Waals surface area contributed by atoms with Crippen LogP contribution in [0.3, 0.4) is 0 Å². The number of nitrogens with one attached hydrogen (secondary N) is 1. The van der Waals surface area contributed by atoms with Crippen molar-refractivity contribution >= 4 is 0 Å². The van der Waals surface area contributed by atoms with E-state index in [-0.39, 0.29) is 0 Å². The van der Waals surface area contributed by atoms with Gasteiger partial charge in [0.15, 0.2) is 0 Å². The maximum absolute atomic E-state index is 3.41. The molecule has 0 unspecified atom stereocenters. The minimum atomic E-state index is 0.745. The summed E-state index contributed by atoms with van der Waals surface area (Å²) in [5.74, 6) is 0. The lowest BCUT2D eigenvalue weighted by molar-refractivity contribution is 0.149. The summed E-state index contributed by atoms with van der Waals surface area (Å²) in [5.41, 5.74) is 3.15. The second-order valence-corrected chi connectivity index (χ2v) is 5.43. The molecule has 0 spiro atoms. The number of likely N-dealkylation sites (tertiary alicyclic amines) is 1. The van der Waals surface area contributed by atoms with Gasteiger partial charge in [-0.05, 0) is 56.9 Å². The first-order chi connectivity index (χ1) is 8.36. The van der Waals surface area contributed by atoms with Crippen molar-refractivity contribution in [1.82, 2.24) is 10.2 Å². The summed E-state index contributed by atoms with van der Waals surface area (Å²) in [6.45, 7) is 2.54. The Balaban J connectivity index is 1.62. The van der Waals surface area contributed by atoms with Crippen molar-refractivity contribution in [2.24, 2.45) is 0 Å². The molecular formula is C15H22N2. The fourth-order valence-corrected chi connectivity index (χ4v) is 3.35. The van der Waals surface area contributed by atoms with E-state index >= 15 is 0 Å². The lowest BCUT2D eigenvalue weighted by atomic mass is 10.0. The number of rotatable bonds is 2. The minimum Gasteiger partial charge on any atom is -0.317 e. The number of nitrogens with zero attached hydrogens (tertiary/aromatic N) is 1. The number of benzene rings is 1. The molecule has 0 radical (unpaired) electrons. The Bertz CT molecular complexity index is 355. The van der Waals surface area contributed by atoms with E-state index < -0.39 is 0 Å². The zero-order chi connectivity index (χ0) is 11.7. The van der Waals surface area contributed by atoms with E-state index in [2.05, 4.69) is 41.5 Å². The van der Waals surface area contributed by atoms with E-state index in [4.69, 9.17) is 0 Å². The molecule has 17 heavy (non-hydrogen) atoms. The predicted octanol–water partition coefficient (Wildman–Crippen LogP) is 1.84. The molecule has 1 aromatic rings. The summed E-state index contributed by atoms with van der Waals surface area (Å²) in [6, 6.07) is 10.5. The van der Waals surface area contributed by atoms with Crippen LogP contribution in [0.1, 0.15) is 24.0 Å². The van der Waals surface area contributed by atoms with Crippen LogP contribution in [0.15, 0.2) is 24.3 Å². The van der Waals surface area contributed by atoms with Crippen molar-refractivity contribution in [2.75, 3.05) is 20.1 Å². The highest BCUT2D eigenvalue weighted by atomic mass is 15.2. The van der Waals surface area contributed by atoms with Crippen molar-refractivity contribution < 1.29 is 0 Å². The second kappa shape index (κ2) is 4.79. The van der Waals surface area contributed by atoms with E-state index in [1.165, 1.54) is 38.8 Å². The third kappa shape index (κ3) is 2.24. The summed E-state index contributed by atoms with van der Waals surface area (Å²) in [4.78, 5) is 2.70. The van der Waals surface area contributed by atoms with Gasteiger partial charge in [0, 0.05) is 12.1 Å². The monoisotopic (exact) mass is 230 g/mol. The Kier molecular flexibility index (Phi) is 3.17. The molecule has 1 aliphatic heterocycles. The summed E-state index contributed by atoms with van der Waals surface area (Å²) >= 11 is 0. The highest BCUT2D eigenvalue weighted by Gasteiger charge is 2.29. The standard InChI is InChI=1S/C15H22N2/c1-16-14-6-8-17(9-7-14)15-10-12-4-2-3-5-13(12)11-15/h2-5,14-16H,6-11H2,1H3. The van der Waals surface area contributed by atoms with Crippen LogP contribution >= 0.6 is 0 Å². The van der Waals surface area contributed by atoms with Gasteiger partial charge in [-0.3, -0.25) is 4.90 Å². The van der Waals surface area contributed by atoms with Gasteiger partial charge in [-0.1, -0.05) is 24.3 Å². The molecule has 1 N–H and O–H groups in total. The fourth-order valence-electron chi connectivity index (χ4n) is 3.35. The Morgan fingerprint density at radius 1 is 1.06 bits per heavy atom. The molecule has 3 rings (SSSR count). The molecular weight excluding hydrogens is 208 g/mol. The molecule has 1 heterocycles. The van der Waals surface area contributed by atoms with Gasteiger partial charge < -0.3 is 5.32 Å². The number of hydrogen-bond donors (Lipinski definition) is 1. The topological polar surface area (TPSA) is 15.3 Å². The quantitative estimate of drug-likeness (QED) is 0.834. The zero-order valence-electron chi connectivity index (χ0n) is 10.7. The van der Waals surface area contributed by atoms with E-state index in [1.54, 1.807) is 11.1 Å². The first-order valence-electron chi connectivity index (χ1n) is 6.85. The Morgan fingerprint density at radius 2 is 1.65 bits per heavy atom. The van der Waals surface area contributed by atoms with Gasteiger partial charge >= 0.3 is 0 Å². The number of fused-ring (bicyclic) bond motifs is 1. The first-order valence-corrected chi connectivity index (χ1v) is 6.85. The maximum atomic E-state index is 3.41. The van der Waals surface area contributed by atoms with Crippen LogP contribution in [0.4, 0.5) is 0 Å². The Morgan fingerprint density at radius 3 is 2.18 bits per heavy atom. The molecule has 2 aliphatic rings. The zero-order valence-corrected chi connectivity index (χ0v) is 10.7. The highest BCUT2D eigenvalue weighted by Crippen LogP contribution is 2.27. The molecule has 0 saturated carbocycles. The normalized spacial score (nSPS) is 22.9. The Hall–Kier alpha value is -0.860. The molecule has 2 nitrogen and oxygen atoms in total. The molecule has 0 aromatic heterocycles. The molecule has 1 saturated heterocycles. The van der Waals surface area contributed by atoms with Crippen LogP contribution in [0.25, 0.3) is 0 Å². The van der Waals surface area contributed by atoms with Crippen molar-refractivity contribution in [1.29, 1.82) is 0 Å². The molecule has 1 aliphatic carbocycles. The van der Waals surface area contributed by atoms with Crippen molar-refractivity contribution in [3.05, 3.63) is 35.4 Å². The second-order valence-electron chi connectivity index (χ2n) is 5.43. The first kappa shape index (κ1) is 11.2. The van der Waals surface area contributed by atoms with Gasteiger partial charge in [0.05, 0.1) is 0 Å². The van der Waals surface area contributed by atoms with Crippen LogP contribution in [0.2, 0.25) is 0 Å². The number of piperidine rings is 1. The molecule has 1 fully saturated rings. The molecule has 0 bridgehead atoms. The third-order valence-corrected chi connectivity index (χ3v) is 4.48. The largest absolute Gasteiger partial charge is 0.317 e. The molecule has 0 atom stereocenters. The van der Waals surface area contributed by atoms with Crippen LogP contribution in [-0.4, -0.2) is 37.1 Å². The Labute approximate surface area is 104 Å². The molecule has 2 heteroatoms. The van der Waals surface area contributed by atoms with Gasteiger partial charge in [-0.2, -0.15) is 0 Å². The average Bonchev–Trinajstić information content (AvgIpc) is 2.82. The average molecular weight is 230 g/mol. The molecule has 0 amide bonds. The summed E-state index contributed by atoms with van der Waals surface area (Å²) < 4.78 is 0. The van der Waals surface area contributed by atoms with E-state index in [0.717, 1.165) is 12.1 Å². The van der Waals surface area contributed by atoms with Gasteiger partial charge in [-0.15, -0.1) is 0 Å². The molecule has 1 aromatic carbocycles. The third-order valence-electron chi connectivity index (χ3n) is 4.48. The van der Waals surface area contributed by atoms with Crippen molar-refractivity contribution in [3.63, 3.8) is 0 Å². The van der Waals surface area contributed by atoms with Crippen molar-refractivity contribution in [3.8, 4) is 0 Å². The van der Waals surface area contributed by atoms with Gasteiger partial charge in [-0.25, -0.2) is 0 Å². The van der Waals surface area contributed by atoms with Crippen LogP contribution in [0.5, 0.6) is 0 Å². The van der Waals surface area contributed by atoms with Gasteiger partial charge in [0.2, 0.25) is 0 Å². The summed E-state index contributed by atoms with van der Waals surface area (Å²) in [5, 5.41) is 3.41. The highest BCUT2D eigenvalue weighted by molar-refractivity contribution is 5.33. The lowest BCUT2D eigenvalue weighted by Gasteiger charge is -2.35. The summed E-state index contributed by atoms with van der Waals surface area (Å²) in [7, 11) is 2.09. The van der Waals surface area contributed by atoms with Crippen molar-refractivity contribution in [2.45, 2.75) is 37.8 Å². The minimum absolute atomic E-state index is 0.745. The maximum Gasteiger partial charge on any atom is 0.0176 e. The lowest BCUT2D eigenvalue weighted by Crippen LogP contribution is -2.46. The predicted molar refractivity (Wildman–Crippen MR) is 71.3 cm³/mol. The number of hydrogen-bond acceptors (Lipinski definition) is 2. The van der Waals surface area contributed by atoms with Crippen LogP contribution in [0, 0.1) is 0 Å². The van der Waals surface area contributed by atoms with E-state index in [0.29, 0.717) is 0 Å². The van der Waals surface area contributed by atoms with Gasteiger partial charge in [0.25, 0.3) is 0 Å². The summed E-state index contributed by atoms with van der Waals surface area (Å²) in [6.07, 6.45) is 5.15. The van der Waals surface area contributed by atoms with Crippen LogP contribution < -0.4 is 5.32 Å². The van der Waals surface area contributed by atoms with E-state index in [9.17, 15) is 0 Å². The van der Waals surface area contributed by atoms with Crippen LogP contribution in [-0.2, 0) is 12.8 Å². The fraction of sp³-hybridized carbons (Fsp3) is 0.600. The smallest absolute Gasteiger partial charge is 0.0176 e. The molecule has 92 valence electrons. The van der Waals surface area contributed by atoms with E-state index in [1.807, 2.05) is 0 Å². The van der Waals surface area contributed by atoms with Gasteiger partial charge in [0.1, 0.15) is 0 Å².